The Morgan fingerprint density at radius 2 is 1.84 bits per heavy atom. The number of aryl methyl sites for hydroxylation is 1. The summed E-state index contributed by atoms with van der Waals surface area (Å²) in [4.78, 5) is 19.3. The Labute approximate surface area is 184 Å². The first-order valence-corrected chi connectivity index (χ1v) is 10.8. The molecular weight excluding hydrogens is 386 g/mol. The summed E-state index contributed by atoms with van der Waals surface area (Å²) in [5, 5.41) is 3.14. The topological polar surface area (TPSA) is 54.5 Å². The molecular formula is C26H29N3O2. The van der Waals surface area contributed by atoms with Gasteiger partial charge in [-0.1, -0.05) is 30.3 Å². The van der Waals surface area contributed by atoms with Crippen molar-refractivity contribution in [1.29, 1.82) is 0 Å². The molecule has 31 heavy (non-hydrogen) atoms. The number of nitrogens with one attached hydrogen (secondary N) is 1. The Balaban J connectivity index is 1.52. The van der Waals surface area contributed by atoms with E-state index in [1.165, 1.54) is 11.1 Å². The number of anilines is 1. The second kappa shape index (κ2) is 9.75. The van der Waals surface area contributed by atoms with Crippen molar-refractivity contribution in [2.75, 3.05) is 32.6 Å². The summed E-state index contributed by atoms with van der Waals surface area (Å²) in [7, 11) is 4.03. The molecule has 0 saturated heterocycles. The van der Waals surface area contributed by atoms with Crippen LogP contribution in [0.3, 0.4) is 0 Å². The van der Waals surface area contributed by atoms with Gasteiger partial charge in [0.2, 0.25) is 5.91 Å². The maximum absolute atomic E-state index is 13.1. The molecule has 1 aliphatic carbocycles. The van der Waals surface area contributed by atoms with E-state index in [1.807, 2.05) is 50.5 Å². The van der Waals surface area contributed by atoms with Crippen LogP contribution >= 0.6 is 0 Å². The first-order chi connectivity index (χ1) is 15.1. The van der Waals surface area contributed by atoms with Crippen molar-refractivity contribution >= 4 is 11.6 Å². The highest BCUT2D eigenvalue weighted by Gasteiger charge is 2.25. The Bertz CT molecular complexity index is 1030. The summed E-state index contributed by atoms with van der Waals surface area (Å²) in [6.07, 6.45) is 6.15. The van der Waals surface area contributed by atoms with Gasteiger partial charge in [-0.25, -0.2) is 0 Å². The van der Waals surface area contributed by atoms with Crippen molar-refractivity contribution < 1.29 is 9.53 Å². The molecule has 1 heterocycles. The Kier molecular flexibility index (Phi) is 6.63. The minimum absolute atomic E-state index is 0.0237. The second-order valence-corrected chi connectivity index (χ2v) is 8.30. The van der Waals surface area contributed by atoms with Gasteiger partial charge in [-0.3, -0.25) is 9.78 Å². The van der Waals surface area contributed by atoms with E-state index in [0.717, 1.165) is 42.6 Å². The predicted octanol–water partition coefficient (Wildman–Crippen LogP) is 4.43. The fourth-order valence-electron chi connectivity index (χ4n) is 3.96. The smallest absolute Gasteiger partial charge is 0.227 e. The van der Waals surface area contributed by atoms with Crippen LogP contribution in [-0.4, -0.2) is 43.0 Å². The third kappa shape index (κ3) is 5.30. The zero-order valence-electron chi connectivity index (χ0n) is 18.2. The van der Waals surface area contributed by atoms with Gasteiger partial charge in [0.15, 0.2) is 0 Å². The maximum atomic E-state index is 13.1. The summed E-state index contributed by atoms with van der Waals surface area (Å²) in [6, 6.07) is 18.3. The standard InChI is InChI=1S/C26H29N3O2/c1-29(2)15-16-31-25-18-22(20-11-13-27-14-12-20)9-10-24(25)28-26(30)23-8-7-19-5-3-4-6-21(19)17-23/h3-6,9-14,18,23H,7-8,15-17H2,1-2H3,(H,28,30). The molecule has 1 amide bonds. The van der Waals surface area contributed by atoms with Gasteiger partial charge in [0.1, 0.15) is 12.4 Å². The summed E-state index contributed by atoms with van der Waals surface area (Å²) in [5.41, 5.74) is 5.46. The van der Waals surface area contributed by atoms with Crippen LogP contribution in [0.2, 0.25) is 0 Å². The number of ether oxygens (including phenoxy) is 1. The SMILES string of the molecule is CN(C)CCOc1cc(-c2ccncc2)ccc1NC(=O)C1CCc2ccccc2C1. The van der Waals surface area contributed by atoms with Gasteiger partial charge in [-0.15, -0.1) is 0 Å². The Morgan fingerprint density at radius 3 is 2.61 bits per heavy atom. The van der Waals surface area contributed by atoms with Crippen LogP contribution in [0.25, 0.3) is 11.1 Å². The normalized spacial score (nSPS) is 15.4. The zero-order chi connectivity index (χ0) is 21.6. The average Bonchev–Trinajstić information content (AvgIpc) is 2.80. The van der Waals surface area contributed by atoms with Crippen LogP contribution in [0.15, 0.2) is 67.0 Å². The van der Waals surface area contributed by atoms with Crippen LogP contribution in [0.5, 0.6) is 5.75 Å². The zero-order valence-corrected chi connectivity index (χ0v) is 18.2. The number of benzene rings is 2. The fraction of sp³-hybridized carbons (Fsp3) is 0.308. The third-order valence-corrected chi connectivity index (χ3v) is 5.77. The molecule has 0 saturated carbocycles. The molecule has 1 atom stereocenters. The van der Waals surface area contributed by atoms with Crippen molar-refractivity contribution in [3.05, 3.63) is 78.1 Å². The molecule has 1 unspecified atom stereocenters. The highest BCUT2D eigenvalue weighted by molar-refractivity contribution is 5.94. The molecule has 0 bridgehead atoms. The molecule has 3 aromatic rings. The molecule has 5 heteroatoms. The number of hydrogen-bond donors (Lipinski definition) is 1. The molecule has 0 fully saturated rings. The van der Waals surface area contributed by atoms with Crippen molar-refractivity contribution in [2.45, 2.75) is 19.3 Å². The van der Waals surface area contributed by atoms with Crippen molar-refractivity contribution in [3.63, 3.8) is 0 Å². The number of likely N-dealkylation sites (N-methyl/N-ethyl adjacent to an activating group) is 1. The molecule has 4 rings (SSSR count). The summed E-state index contributed by atoms with van der Waals surface area (Å²) >= 11 is 0. The van der Waals surface area contributed by atoms with Gasteiger partial charge in [-0.2, -0.15) is 0 Å². The van der Waals surface area contributed by atoms with Crippen LogP contribution < -0.4 is 10.1 Å². The van der Waals surface area contributed by atoms with E-state index in [9.17, 15) is 4.79 Å². The first-order valence-electron chi connectivity index (χ1n) is 10.8. The summed E-state index contributed by atoms with van der Waals surface area (Å²) in [5.74, 6) is 0.730. The Morgan fingerprint density at radius 1 is 1.06 bits per heavy atom. The molecule has 1 N–H and O–H groups in total. The molecule has 2 aromatic carbocycles. The minimum Gasteiger partial charge on any atom is -0.490 e. The van der Waals surface area contributed by atoms with E-state index in [-0.39, 0.29) is 11.8 Å². The van der Waals surface area contributed by atoms with E-state index in [1.54, 1.807) is 12.4 Å². The molecule has 0 radical (unpaired) electrons. The van der Waals surface area contributed by atoms with Crippen molar-refractivity contribution in [2.24, 2.45) is 5.92 Å². The average molecular weight is 416 g/mol. The molecule has 160 valence electrons. The summed E-state index contributed by atoms with van der Waals surface area (Å²) in [6.45, 7) is 1.35. The molecule has 5 nitrogen and oxygen atoms in total. The maximum Gasteiger partial charge on any atom is 0.227 e. The number of fused-ring (bicyclic) bond motifs is 1. The van der Waals surface area contributed by atoms with E-state index < -0.39 is 0 Å². The van der Waals surface area contributed by atoms with E-state index in [4.69, 9.17) is 4.74 Å². The number of carbonyl (C=O) groups is 1. The van der Waals surface area contributed by atoms with Crippen LogP contribution in [0, 0.1) is 5.92 Å². The lowest BCUT2D eigenvalue weighted by molar-refractivity contribution is -0.120. The lowest BCUT2D eigenvalue weighted by Crippen LogP contribution is -2.28. The van der Waals surface area contributed by atoms with E-state index >= 15 is 0 Å². The number of pyridine rings is 1. The minimum atomic E-state index is -0.0237. The number of nitrogens with zero attached hydrogens (tertiary/aromatic N) is 2. The van der Waals surface area contributed by atoms with Gasteiger partial charge < -0.3 is 15.0 Å². The first kappa shape index (κ1) is 21.1. The van der Waals surface area contributed by atoms with Crippen LogP contribution in [0.1, 0.15) is 17.5 Å². The molecule has 0 spiro atoms. The third-order valence-electron chi connectivity index (χ3n) is 5.77. The van der Waals surface area contributed by atoms with Gasteiger partial charge in [0.05, 0.1) is 5.69 Å². The quantitative estimate of drug-likeness (QED) is 0.620. The monoisotopic (exact) mass is 415 g/mol. The van der Waals surface area contributed by atoms with E-state index in [2.05, 4.69) is 33.4 Å². The summed E-state index contributed by atoms with van der Waals surface area (Å²) < 4.78 is 6.08. The van der Waals surface area contributed by atoms with Gasteiger partial charge in [0, 0.05) is 24.9 Å². The number of aromatic nitrogens is 1. The molecule has 1 aliphatic rings. The van der Waals surface area contributed by atoms with Gasteiger partial charge in [0.25, 0.3) is 0 Å². The second-order valence-electron chi connectivity index (χ2n) is 8.30. The lowest BCUT2D eigenvalue weighted by Gasteiger charge is -2.24. The van der Waals surface area contributed by atoms with Gasteiger partial charge in [-0.05, 0) is 79.9 Å². The highest BCUT2D eigenvalue weighted by Crippen LogP contribution is 2.32. The molecule has 1 aromatic heterocycles. The lowest BCUT2D eigenvalue weighted by atomic mass is 9.83. The Hall–Kier alpha value is -3.18. The number of carbonyl (C=O) groups excluding carboxylic acids is 1. The number of amides is 1. The van der Waals surface area contributed by atoms with Crippen molar-refractivity contribution in [1.82, 2.24) is 9.88 Å². The van der Waals surface area contributed by atoms with E-state index in [0.29, 0.717) is 12.4 Å². The van der Waals surface area contributed by atoms with Crippen LogP contribution in [-0.2, 0) is 17.6 Å². The van der Waals surface area contributed by atoms with Crippen molar-refractivity contribution in [3.8, 4) is 16.9 Å². The number of rotatable bonds is 7. The highest BCUT2D eigenvalue weighted by atomic mass is 16.5. The van der Waals surface area contributed by atoms with Gasteiger partial charge >= 0.3 is 0 Å². The predicted molar refractivity (Wildman–Crippen MR) is 124 cm³/mol. The largest absolute Gasteiger partial charge is 0.490 e. The van der Waals surface area contributed by atoms with Crippen LogP contribution in [0.4, 0.5) is 5.69 Å². The fourth-order valence-corrected chi connectivity index (χ4v) is 3.96. The molecule has 0 aliphatic heterocycles. The number of hydrogen-bond acceptors (Lipinski definition) is 4.